The zero-order valence-electron chi connectivity index (χ0n) is 21.4. The highest BCUT2D eigenvalue weighted by Gasteiger charge is 2.30. The molecule has 0 aliphatic carbocycles. The van der Waals surface area contributed by atoms with E-state index < -0.39 is 41.3 Å². The molecule has 37 heavy (non-hydrogen) atoms. The minimum atomic E-state index is -4.52. The van der Waals surface area contributed by atoms with Crippen LogP contribution in [0.2, 0.25) is 0 Å². The molecule has 2 aromatic rings. The average Bonchev–Trinajstić information content (AvgIpc) is 2.78. The molecule has 12 heteroatoms. The van der Waals surface area contributed by atoms with E-state index in [0.717, 1.165) is 28.0 Å². The average molecular weight is 524 g/mol. The zero-order valence-corrected chi connectivity index (χ0v) is 21.4. The van der Waals surface area contributed by atoms with Gasteiger partial charge in [0.2, 0.25) is 11.8 Å². The van der Waals surface area contributed by atoms with Crippen LogP contribution in [-0.2, 0) is 22.3 Å². The zero-order chi connectivity index (χ0) is 28.1. The highest BCUT2D eigenvalue weighted by atomic mass is 19.4. The predicted molar refractivity (Wildman–Crippen MR) is 136 cm³/mol. The summed E-state index contributed by atoms with van der Waals surface area (Å²) < 4.78 is 39.9. The molecule has 0 atom stereocenters. The first-order valence-corrected chi connectivity index (χ1v) is 11.6. The number of aromatic nitrogens is 2. The molecule has 0 saturated heterocycles. The Morgan fingerprint density at radius 3 is 2.35 bits per heavy atom. The van der Waals surface area contributed by atoms with Gasteiger partial charge < -0.3 is 15.5 Å². The van der Waals surface area contributed by atoms with Gasteiger partial charge in [-0.05, 0) is 35.6 Å². The van der Waals surface area contributed by atoms with Gasteiger partial charge in [0.05, 0.1) is 5.56 Å². The molecule has 2 rings (SSSR count). The number of halogens is 3. The van der Waals surface area contributed by atoms with Gasteiger partial charge in [0.25, 0.3) is 5.56 Å². The maximum absolute atomic E-state index is 13.2. The summed E-state index contributed by atoms with van der Waals surface area (Å²) >= 11 is 0. The van der Waals surface area contributed by atoms with Crippen molar-refractivity contribution in [1.82, 2.24) is 14.5 Å². The van der Waals surface area contributed by atoms with E-state index in [4.69, 9.17) is 5.73 Å². The standard InChI is InChI=1S/C25H32F3N5O4/c1-15(2)12-32(21-22(29)33(13-16(3)4)24(37)30-23(21)36)20(35)14-31(5)19(34)10-9-17-7-6-8-18(11-17)25(26,27)28/h6-11,15-16H,12-14,29H2,1-5H3,(H,30,36,37). The van der Waals surface area contributed by atoms with Gasteiger partial charge in [-0.15, -0.1) is 0 Å². The van der Waals surface area contributed by atoms with Crippen molar-refractivity contribution in [3.63, 3.8) is 0 Å². The van der Waals surface area contributed by atoms with Crippen LogP contribution in [-0.4, -0.2) is 46.4 Å². The molecular weight excluding hydrogens is 491 g/mol. The highest BCUT2D eigenvalue weighted by molar-refractivity contribution is 6.00. The Morgan fingerprint density at radius 2 is 1.78 bits per heavy atom. The molecule has 3 N–H and O–H groups in total. The van der Waals surface area contributed by atoms with Crippen LogP contribution >= 0.6 is 0 Å². The van der Waals surface area contributed by atoms with Gasteiger partial charge in [0, 0.05) is 26.2 Å². The molecule has 0 aliphatic rings. The number of hydrogen-bond acceptors (Lipinski definition) is 5. The molecule has 9 nitrogen and oxygen atoms in total. The van der Waals surface area contributed by atoms with E-state index in [1.54, 1.807) is 0 Å². The van der Waals surface area contributed by atoms with Crippen molar-refractivity contribution in [2.24, 2.45) is 11.8 Å². The van der Waals surface area contributed by atoms with Crippen molar-refractivity contribution in [2.45, 2.75) is 40.4 Å². The Balaban J connectivity index is 2.30. The molecular formula is C25H32F3N5O4. The van der Waals surface area contributed by atoms with Crippen molar-refractivity contribution in [3.05, 3.63) is 62.3 Å². The summed E-state index contributed by atoms with van der Waals surface area (Å²) in [6.07, 6.45) is -2.25. The normalized spacial score (nSPS) is 11.9. The van der Waals surface area contributed by atoms with Gasteiger partial charge in [-0.3, -0.25) is 23.9 Å². The third-order valence-corrected chi connectivity index (χ3v) is 5.26. The third kappa shape index (κ3) is 7.83. The lowest BCUT2D eigenvalue weighted by Gasteiger charge is -2.28. The van der Waals surface area contributed by atoms with E-state index in [-0.39, 0.29) is 42.0 Å². The summed E-state index contributed by atoms with van der Waals surface area (Å²) in [5.74, 6) is -1.48. The van der Waals surface area contributed by atoms with Crippen LogP contribution in [0.3, 0.4) is 0 Å². The van der Waals surface area contributed by atoms with Crippen LogP contribution in [0.5, 0.6) is 0 Å². The fourth-order valence-corrected chi connectivity index (χ4v) is 3.55. The quantitative estimate of drug-likeness (QED) is 0.490. The fraction of sp³-hybridized carbons (Fsp3) is 0.440. The second-order valence-corrected chi connectivity index (χ2v) is 9.55. The summed E-state index contributed by atoms with van der Waals surface area (Å²) in [7, 11) is 1.34. The van der Waals surface area contributed by atoms with E-state index in [2.05, 4.69) is 4.98 Å². The largest absolute Gasteiger partial charge is 0.416 e. The fourth-order valence-electron chi connectivity index (χ4n) is 3.55. The number of benzene rings is 1. The van der Waals surface area contributed by atoms with E-state index in [1.807, 2.05) is 27.7 Å². The summed E-state index contributed by atoms with van der Waals surface area (Å²) in [6.45, 7) is 7.23. The number of rotatable bonds is 9. The molecule has 1 aromatic heterocycles. The molecule has 0 spiro atoms. The third-order valence-electron chi connectivity index (χ3n) is 5.26. The molecule has 202 valence electrons. The van der Waals surface area contributed by atoms with Gasteiger partial charge in [0.1, 0.15) is 12.4 Å². The Kier molecular flexibility index (Phi) is 9.49. The number of anilines is 2. The summed E-state index contributed by atoms with van der Waals surface area (Å²) in [6, 6.07) is 4.46. The van der Waals surface area contributed by atoms with E-state index >= 15 is 0 Å². The molecule has 0 saturated carbocycles. The van der Waals surface area contributed by atoms with E-state index in [1.165, 1.54) is 29.8 Å². The molecule has 0 bridgehead atoms. The number of H-pyrrole nitrogens is 1. The van der Waals surface area contributed by atoms with Crippen molar-refractivity contribution in [2.75, 3.05) is 30.8 Å². The molecule has 0 unspecified atom stereocenters. The number of carbonyl (C=O) groups excluding carboxylic acids is 2. The first-order chi connectivity index (χ1) is 17.1. The number of carbonyl (C=O) groups is 2. The minimum absolute atomic E-state index is 0.0281. The van der Waals surface area contributed by atoms with Crippen LogP contribution in [0, 0.1) is 11.8 Å². The summed E-state index contributed by atoms with van der Waals surface area (Å²) in [4.78, 5) is 55.2. The van der Waals surface area contributed by atoms with Crippen molar-refractivity contribution >= 4 is 29.4 Å². The lowest BCUT2D eigenvalue weighted by Crippen LogP contribution is -2.46. The van der Waals surface area contributed by atoms with Gasteiger partial charge in [0.15, 0.2) is 5.69 Å². The van der Waals surface area contributed by atoms with Crippen LogP contribution in [0.1, 0.15) is 38.8 Å². The van der Waals surface area contributed by atoms with Gasteiger partial charge >= 0.3 is 11.9 Å². The maximum Gasteiger partial charge on any atom is 0.416 e. The van der Waals surface area contributed by atoms with Gasteiger partial charge in [-0.2, -0.15) is 13.2 Å². The number of nitrogens with zero attached hydrogens (tertiary/aromatic N) is 3. The van der Waals surface area contributed by atoms with Crippen LogP contribution in [0.25, 0.3) is 6.08 Å². The van der Waals surface area contributed by atoms with E-state index in [9.17, 15) is 32.3 Å². The topological polar surface area (TPSA) is 121 Å². The van der Waals surface area contributed by atoms with Crippen molar-refractivity contribution in [1.29, 1.82) is 0 Å². The lowest BCUT2D eigenvalue weighted by molar-refractivity contribution is -0.137. The van der Waals surface area contributed by atoms with Crippen LogP contribution in [0.4, 0.5) is 24.7 Å². The summed E-state index contributed by atoms with van der Waals surface area (Å²) in [5, 5.41) is 0. The highest BCUT2D eigenvalue weighted by Crippen LogP contribution is 2.29. The molecule has 0 fully saturated rings. The molecule has 2 amide bonds. The van der Waals surface area contributed by atoms with E-state index in [0.29, 0.717) is 0 Å². The number of amides is 2. The molecule has 0 radical (unpaired) electrons. The number of nitrogen functional groups attached to an aromatic ring is 1. The number of hydrogen-bond donors (Lipinski definition) is 2. The Bertz CT molecular complexity index is 1280. The second-order valence-electron chi connectivity index (χ2n) is 9.55. The monoisotopic (exact) mass is 523 g/mol. The van der Waals surface area contributed by atoms with Crippen molar-refractivity contribution in [3.8, 4) is 0 Å². The molecule has 1 aromatic carbocycles. The summed E-state index contributed by atoms with van der Waals surface area (Å²) in [5.41, 5.74) is 3.79. The number of nitrogens with two attached hydrogens (primary N) is 1. The Hall–Kier alpha value is -3.83. The number of aromatic amines is 1. The smallest absolute Gasteiger partial charge is 0.383 e. The first kappa shape index (κ1) is 29.4. The minimum Gasteiger partial charge on any atom is -0.383 e. The van der Waals surface area contributed by atoms with Gasteiger partial charge in [-0.1, -0.05) is 39.8 Å². The number of alkyl halides is 3. The first-order valence-electron chi connectivity index (χ1n) is 11.6. The maximum atomic E-state index is 13.2. The van der Waals surface area contributed by atoms with Crippen LogP contribution in [0.15, 0.2) is 39.9 Å². The molecule has 0 aliphatic heterocycles. The second kappa shape index (κ2) is 11.9. The lowest BCUT2D eigenvalue weighted by atomic mass is 10.1. The SMILES string of the molecule is CC(C)CN(C(=O)CN(C)C(=O)C=Cc1cccc(C(F)(F)F)c1)c1c(N)n(CC(C)C)c(=O)[nH]c1=O. The van der Waals surface area contributed by atoms with Gasteiger partial charge in [-0.25, -0.2) is 4.79 Å². The Labute approximate surface area is 212 Å². The number of likely N-dealkylation sites (N-methyl/N-ethyl adjacent to an activating group) is 1. The Morgan fingerprint density at radius 1 is 1.14 bits per heavy atom. The predicted octanol–water partition coefficient (Wildman–Crippen LogP) is 2.95. The molecule has 1 heterocycles. The van der Waals surface area contributed by atoms with Crippen LogP contribution < -0.4 is 21.9 Å². The number of nitrogens with one attached hydrogen (secondary N) is 1. The van der Waals surface area contributed by atoms with Crippen molar-refractivity contribution < 1.29 is 22.8 Å².